The van der Waals surface area contributed by atoms with Crippen molar-refractivity contribution in [3.05, 3.63) is 29.8 Å². The molecule has 16 heavy (non-hydrogen) atoms. The number of hydrogen-bond donors (Lipinski definition) is 2. The van der Waals surface area contributed by atoms with E-state index in [9.17, 15) is 4.79 Å². The van der Waals surface area contributed by atoms with Crippen molar-refractivity contribution >= 4 is 11.6 Å². The van der Waals surface area contributed by atoms with Crippen molar-refractivity contribution in [1.82, 2.24) is 5.32 Å². The van der Waals surface area contributed by atoms with Crippen LogP contribution < -0.4 is 10.6 Å². The summed E-state index contributed by atoms with van der Waals surface area (Å²) in [4.78, 5) is 11.4. The third-order valence-electron chi connectivity index (χ3n) is 2.49. The van der Waals surface area contributed by atoms with Gasteiger partial charge in [-0.2, -0.15) is 0 Å². The zero-order valence-electron chi connectivity index (χ0n) is 10.2. The minimum Gasteiger partial charge on any atom is -0.383 e. The molecule has 88 valence electrons. The Morgan fingerprint density at radius 2 is 2.19 bits per heavy atom. The Balaban J connectivity index is 2.70. The Bertz CT molecular complexity index is 350. The van der Waals surface area contributed by atoms with E-state index < -0.39 is 0 Å². The largest absolute Gasteiger partial charge is 0.383 e. The second kappa shape index (κ2) is 6.16. The molecule has 3 nitrogen and oxygen atoms in total. The van der Waals surface area contributed by atoms with Gasteiger partial charge < -0.3 is 10.6 Å². The Hall–Kier alpha value is -1.51. The maximum absolute atomic E-state index is 11.4. The van der Waals surface area contributed by atoms with Crippen LogP contribution in [-0.4, -0.2) is 19.0 Å². The van der Waals surface area contributed by atoms with Crippen LogP contribution in [0.1, 0.15) is 37.0 Å². The first-order valence-corrected chi connectivity index (χ1v) is 5.76. The lowest BCUT2D eigenvalue weighted by Gasteiger charge is -2.14. The summed E-state index contributed by atoms with van der Waals surface area (Å²) in [5, 5.41) is 6.00. The van der Waals surface area contributed by atoms with Crippen LogP contribution in [0.15, 0.2) is 24.3 Å². The maximum atomic E-state index is 11.4. The van der Waals surface area contributed by atoms with E-state index in [1.807, 2.05) is 24.3 Å². The number of anilines is 1. The van der Waals surface area contributed by atoms with Crippen LogP contribution in [0.25, 0.3) is 0 Å². The van der Waals surface area contributed by atoms with Crippen LogP contribution >= 0.6 is 0 Å². The third kappa shape index (κ3) is 3.57. The zero-order valence-corrected chi connectivity index (χ0v) is 10.2. The van der Waals surface area contributed by atoms with Crippen LogP contribution in [-0.2, 0) is 0 Å². The summed E-state index contributed by atoms with van der Waals surface area (Å²) in [6, 6.07) is 8.01. The van der Waals surface area contributed by atoms with Gasteiger partial charge in [0.15, 0.2) is 0 Å². The highest BCUT2D eigenvalue weighted by atomic mass is 16.1. The van der Waals surface area contributed by atoms with E-state index in [1.165, 1.54) is 0 Å². The number of rotatable bonds is 5. The minimum absolute atomic E-state index is 0.0493. The molecule has 1 aromatic rings. The van der Waals surface area contributed by atoms with Crippen molar-refractivity contribution in [2.75, 3.05) is 12.4 Å². The molecule has 1 amide bonds. The fraction of sp³-hybridized carbons (Fsp3) is 0.462. The van der Waals surface area contributed by atoms with Gasteiger partial charge in [-0.1, -0.05) is 19.4 Å². The summed E-state index contributed by atoms with van der Waals surface area (Å²) in [5.41, 5.74) is 1.69. The van der Waals surface area contributed by atoms with Gasteiger partial charge in [0.25, 0.3) is 5.91 Å². The number of amides is 1. The number of nitrogens with one attached hydrogen (secondary N) is 2. The van der Waals surface area contributed by atoms with Crippen molar-refractivity contribution < 1.29 is 4.79 Å². The van der Waals surface area contributed by atoms with E-state index in [4.69, 9.17) is 0 Å². The highest BCUT2D eigenvalue weighted by Crippen LogP contribution is 2.13. The van der Waals surface area contributed by atoms with E-state index >= 15 is 0 Å². The highest BCUT2D eigenvalue weighted by Gasteiger charge is 2.05. The monoisotopic (exact) mass is 220 g/mol. The van der Waals surface area contributed by atoms with Crippen LogP contribution in [0.3, 0.4) is 0 Å². The van der Waals surface area contributed by atoms with Gasteiger partial charge in [0.05, 0.1) is 0 Å². The summed E-state index contributed by atoms with van der Waals surface area (Å²) >= 11 is 0. The first kappa shape index (κ1) is 12.6. The lowest BCUT2D eigenvalue weighted by molar-refractivity contribution is 0.0963. The molecule has 0 fully saturated rings. The second-order valence-corrected chi connectivity index (χ2v) is 3.99. The van der Waals surface area contributed by atoms with Gasteiger partial charge in [0, 0.05) is 24.3 Å². The minimum atomic E-state index is -0.0493. The average Bonchev–Trinajstić information content (AvgIpc) is 2.28. The van der Waals surface area contributed by atoms with E-state index in [2.05, 4.69) is 24.5 Å². The topological polar surface area (TPSA) is 41.1 Å². The molecule has 0 saturated heterocycles. The first-order valence-electron chi connectivity index (χ1n) is 5.76. The van der Waals surface area contributed by atoms with E-state index in [-0.39, 0.29) is 5.91 Å². The van der Waals surface area contributed by atoms with Gasteiger partial charge in [-0.3, -0.25) is 4.79 Å². The Morgan fingerprint density at radius 1 is 1.44 bits per heavy atom. The standard InChI is InChI=1S/C13H20N2O/c1-4-6-10(2)15-12-8-5-7-11(9-12)13(16)14-3/h5,7-10,15H,4,6H2,1-3H3,(H,14,16). The average molecular weight is 220 g/mol. The van der Waals surface area contributed by atoms with Gasteiger partial charge in [-0.25, -0.2) is 0 Å². The first-order chi connectivity index (χ1) is 7.67. The van der Waals surface area contributed by atoms with E-state index in [0.29, 0.717) is 11.6 Å². The van der Waals surface area contributed by atoms with Gasteiger partial charge in [-0.15, -0.1) is 0 Å². The van der Waals surface area contributed by atoms with Crippen molar-refractivity contribution in [2.24, 2.45) is 0 Å². The number of carbonyl (C=O) groups excluding carboxylic acids is 1. The second-order valence-electron chi connectivity index (χ2n) is 3.99. The predicted molar refractivity (Wildman–Crippen MR) is 67.8 cm³/mol. The van der Waals surface area contributed by atoms with Crippen molar-refractivity contribution in [3.63, 3.8) is 0 Å². The van der Waals surface area contributed by atoms with Gasteiger partial charge in [-0.05, 0) is 31.5 Å². The number of carbonyl (C=O) groups is 1. The van der Waals surface area contributed by atoms with Gasteiger partial charge in [0.2, 0.25) is 0 Å². The third-order valence-corrected chi connectivity index (χ3v) is 2.49. The molecule has 0 aromatic heterocycles. The number of benzene rings is 1. The molecule has 0 saturated carbocycles. The van der Waals surface area contributed by atoms with E-state index in [0.717, 1.165) is 18.5 Å². The fourth-order valence-electron chi connectivity index (χ4n) is 1.68. The van der Waals surface area contributed by atoms with Crippen LogP contribution in [0.2, 0.25) is 0 Å². The summed E-state index contributed by atoms with van der Waals surface area (Å²) in [7, 11) is 1.64. The smallest absolute Gasteiger partial charge is 0.251 e. The summed E-state index contributed by atoms with van der Waals surface area (Å²) < 4.78 is 0. The molecule has 1 atom stereocenters. The molecule has 1 rings (SSSR count). The molecule has 0 bridgehead atoms. The molecular weight excluding hydrogens is 200 g/mol. The molecule has 0 aliphatic heterocycles. The maximum Gasteiger partial charge on any atom is 0.251 e. The quantitative estimate of drug-likeness (QED) is 0.801. The lowest BCUT2D eigenvalue weighted by Crippen LogP contribution is -2.19. The summed E-state index contributed by atoms with van der Waals surface area (Å²) in [6.45, 7) is 4.31. The van der Waals surface area contributed by atoms with Crippen LogP contribution in [0.4, 0.5) is 5.69 Å². The summed E-state index contributed by atoms with van der Waals surface area (Å²) in [5.74, 6) is -0.0493. The molecule has 1 unspecified atom stereocenters. The highest BCUT2D eigenvalue weighted by molar-refractivity contribution is 5.94. The lowest BCUT2D eigenvalue weighted by atomic mass is 10.1. The Kier molecular flexibility index (Phi) is 4.83. The molecule has 3 heteroatoms. The Morgan fingerprint density at radius 3 is 2.81 bits per heavy atom. The van der Waals surface area contributed by atoms with Gasteiger partial charge in [0.1, 0.15) is 0 Å². The van der Waals surface area contributed by atoms with Crippen molar-refractivity contribution in [2.45, 2.75) is 32.7 Å². The van der Waals surface area contributed by atoms with Crippen LogP contribution in [0.5, 0.6) is 0 Å². The molecule has 1 aromatic carbocycles. The Labute approximate surface area is 97.2 Å². The van der Waals surface area contributed by atoms with Crippen LogP contribution in [0, 0.1) is 0 Å². The normalized spacial score (nSPS) is 11.9. The zero-order chi connectivity index (χ0) is 12.0. The van der Waals surface area contributed by atoms with Crippen molar-refractivity contribution in [3.8, 4) is 0 Å². The predicted octanol–water partition coefficient (Wildman–Crippen LogP) is 2.65. The van der Waals surface area contributed by atoms with Gasteiger partial charge >= 0.3 is 0 Å². The molecule has 0 aliphatic carbocycles. The molecule has 0 spiro atoms. The van der Waals surface area contributed by atoms with Crippen molar-refractivity contribution in [1.29, 1.82) is 0 Å². The molecule has 2 N–H and O–H groups in total. The SMILES string of the molecule is CCCC(C)Nc1cccc(C(=O)NC)c1. The molecule has 0 radical (unpaired) electrons. The fourth-order valence-corrected chi connectivity index (χ4v) is 1.68. The number of hydrogen-bond acceptors (Lipinski definition) is 2. The van der Waals surface area contributed by atoms with E-state index in [1.54, 1.807) is 7.05 Å². The summed E-state index contributed by atoms with van der Waals surface area (Å²) in [6.07, 6.45) is 2.29. The molecule has 0 aliphatic rings. The molecular formula is C13H20N2O. The molecule has 0 heterocycles.